The summed E-state index contributed by atoms with van der Waals surface area (Å²) in [4.78, 5) is 25.3. The van der Waals surface area contributed by atoms with Crippen molar-refractivity contribution in [2.24, 2.45) is 5.92 Å². The standard InChI is InChI=1S/C15H18FNO4/c1-15(14(20)21-3)11(13(18)19)8-12(17(15)2)9-4-6-10(16)7-5-9/h4-7,11-12H,8H2,1-3H3,(H,18,19). The molecule has 6 heteroatoms. The van der Waals surface area contributed by atoms with Crippen LogP contribution >= 0.6 is 0 Å². The number of esters is 1. The summed E-state index contributed by atoms with van der Waals surface area (Å²) < 4.78 is 17.8. The molecule has 0 aliphatic carbocycles. The van der Waals surface area contributed by atoms with Crippen LogP contribution < -0.4 is 0 Å². The summed E-state index contributed by atoms with van der Waals surface area (Å²) >= 11 is 0. The minimum absolute atomic E-state index is 0.267. The number of hydrogen-bond acceptors (Lipinski definition) is 4. The largest absolute Gasteiger partial charge is 0.481 e. The second-order valence-corrected chi connectivity index (χ2v) is 5.44. The van der Waals surface area contributed by atoms with Crippen molar-refractivity contribution in [2.45, 2.75) is 24.9 Å². The van der Waals surface area contributed by atoms with Gasteiger partial charge >= 0.3 is 11.9 Å². The van der Waals surface area contributed by atoms with E-state index >= 15 is 0 Å². The Balaban J connectivity index is 2.42. The van der Waals surface area contributed by atoms with Crippen LogP contribution in [0.3, 0.4) is 0 Å². The predicted molar refractivity (Wildman–Crippen MR) is 73.1 cm³/mol. The second kappa shape index (κ2) is 5.44. The van der Waals surface area contributed by atoms with Gasteiger partial charge in [-0.1, -0.05) is 12.1 Å². The summed E-state index contributed by atoms with van der Waals surface area (Å²) in [6, 6.07) is 5.59. The molecule has 21 heavy (non-hydrogen) atoms. The van der Waals surface area contributed by atoms with Crippen LogP contribution in [0.4, 0.5) is 4.39 Å². The summed E-state index contributed by atoms with van der Waals surface area (Å²) in [5.41, 5.74) is -0.475. The van der Waals surface area contributed by atoms with Gasteiger partial charge < -0.3 is 9.84 Å². The average Bonchev–Trinajstić information content (AvgIpc) is 2.73. The van der Waals surface area contributed by atoms with E-state index in [1.54, 1.807) is 31.0 Å². The van der Waals surface area contributed by atoms with Gasteiger partial charge in [0, 0.05) is 6.04 Å². The van der Waals surface area contributed by atoms with Crippen LogP contribution in [-0.2, 0) is 14.3 Å². The lowest BCUT2D eigenvalue weighted by atomic mass is 9.86. The Morgan fingerprint density at radius 1 is 1.38 bits per heavy atom. The second-order valence-electron chi connectivity index (χ2n) is 5.44. The molecule has 1 aromatic carbocycles. The maximum atomic E-state index is 13.0. The van der Waals surface area contributed by atoms with Crippen molar-refractivity contribution in [3.05, 3.63) is 35.6 Å². The van der Waals surface area contributed by atoms with Gasteiger partial charge in [0.25, 0.3) is 0 Å². The lowest BCUT2D eigenvalue weighted by Gasteiger charge is -2.34. The summed E-state index contributed by atoms with van der Waals surface area (Å²) in [6.07, 6.45) is 0.267. The quantitative estimate of drug-likeness (QED) is 0.862. The Morgan fingerprint density at radius 2 is 1.95 bits per heavy atom. The number of likely N-dealkylation sites (tertiary alicyclic amines) is 1. The molecule has 1 fully saturated rings. The van der Waals surface area contributed by atoms with Crippen molar-refractivity contribution in [3.63, 3.8) is 0 Å². The highest BCUT2D eigenvalue weighted by molar-refractivity contribution is 5.88. The molecule has 3 atom stereocenters. The molecule has 0 saturated carbocycles. The van der Waals surface area contributed by atoms with E-state index in [1.807, 2.05) is 0 Å². The number of halogens is 1. The molecular formula is C15H18FNO4. The Hall–Kier alpha value is -1.95. The first-order chi connectivity index (χ1) is 9.82. The summed E-state index contributed by atoms with van der Waals surface area (Å²) in [7, 11) is 2.93. The number of carboxylic acid groups (broad SMARTS) is 1. The number of rotatable bonds is 3. The first kappa shape index (κ1) is 15.4. The Kier molecular flexibility index (Phi) is 4.00. The van der Waals surface area contributed by atoms with Gasteiger partial charge in [-0.3, -0.25) is 14.5 Å². The fourth-order valence-corrected chi connectivity index (χ4v) is 3.06. The first-order valence-corrected chi connectivity index (χ1v) is 6.62. The molecule has 1 saturated heterocycles. The number of carboxylic acids is 1. The van der Waals surface area contributed by atoms with Crippen LogP contribution in [-0.4, -0.2) is 41.6 Å². The van der Waals surface area contributed by atoms with Crippen molar-refractivity contribution in [1.29, 1.82) is 0 Å². The Morgan fingerprint density at radius 3 is 2.43 bits per heavy atom. The number of benzene rings is 1. The maximum absolute atomic E-state index is 13.0. The molecule has 0 bridgehead atoms. The number of carbonyl (C=O) groups is 2. The minimum Gasteiger partial charge on any atom is -0.481 e. The van der Waals surface area contributed by atoms with E-state index in [4.69, 9.17) is 4.74 Å². The third kappa shape index (κ3) is 2.40. The molecule has 3 unspecified atom stereocenters. The zero-order valence-electron chi connectivity index (χ0n) is 12.2. The van der Waals surface area contributed by atoms with E-state index in [-0.39, 0.29) is 18.3 Å². The van der Waals surface area contributed by atoms with Crippen molar-refractivity contribution in [1.82, 2.24) is 4.90 Å². The normalized spacial score (nSPS) is 29.3. The number of methoxy groups -OCH3 is 1. The van der Waals surface area contributed by atoms with Gasteiger partial charge in [-0.2, -0.15) is 0 Å². The lowest BCUT2D eigenvalue weighted by molar-refractivity contribution is -0.161. The average molecular weight is 295 g/mol. The number of likely N-dealkylation sites (N-methyl/N-ethyl adjacent to an activating group) is 1. The minimum atomic E-state index is -1.25. The van der Waals surface area contributed by atoms with Gasteiger partial charge in [0.05, 0.1) is 13.0 Å². The number of aliphatic carboxylic acids is 1. The van der Waals surface area contributed by atoms with E-state index in [1.165, 1.54) is 19.2 Å². The van der Waals surface area contributed by atoms with Gasteiger partial charge in [0.1, 0.15) is 11.4 Å². The number of carbonyl (C=O) groups excluding carboxylic acids is 1. The first-order valence-electron chi connectivity index (χ1n) is 6.62. The van der Waals surface area contributed by atoms with Crippen molar-refractivity contribution >= 4 is 11.9 Å². The maximum Gasteiger partial charge on any atom is 0.326 e. The van der Waals surface area contributed by atoms with Gasteiger partial charge in [-0.25, -0.2) is 4.39 Å². The molecule has 5 nitrogen and oxygen atoms in total. The topological polar surface area (TPSA) is 66.8 Å². The Bertz CT molecular complexity index is 559. The number of ether oxygens (including phenoxy) is 1. The molecule has 0 amide bonds. The highest BCUT2D eigenvalue weighted by Crippen LogP contribution is 2.46. The van der Waals surface area contributed by atoms with Crippen LogP contribution in [0.15, 0.2) is 24.3 Å². The van der Waals surface area contributed by atoms with Crippen LogP contribution in [0.2, 0.25) is 0 Å². The summed E-state index contributed by atoms with van der Waals surface area (Å²) in [5, 5.41) is 9.43. The fourth-order valence-electron chi connectivity index (χ4n) is 3.06. The molecule has 0 spiro atoms. The van der Waals surface area contributed by atoms with E-state index in [2.05, 4.69) is 0 Å². The highest BCUT2D eigenvalue weighted by Gasteiger charge is 2.57. The van der Waals surface area contributed by atoms with Gasteiger partial charge in [-0.15, -0.1) is 0 Å². The smallest absolute Gasteiger partial charge is 0.326 e. The van der Waals surface area contributed by atoms with Crippen LogP contribution in [0, 0.1) is 11.7 Å². The number of nitrogens with zero attached hydrogens (tertiary/aromatic N) is 1. The SMILES string of the molecule is COC(=O)C1(C)C(C(=O)O)CC(c2ccc(F)cc2)N1C. The van der Waals surface area contributed by atoms with Crippen molar-refractivity contribution < 1.29 is 23.8 Å². The fraction of sp³-hybridized carbons (Fsp3) is 0.467. The molecule has 1 aromatic rings. The highest BCUT2D eigenvalue weighted by atomic mass is 19.1. The van der Waals surface area contributed by atoms with Crippen LogP contribution in [0.25, 0.3) is 0 Å². The zero-order valence-corrected chi connectivity index (χ0v) is 12.2. The molecule has 0 radical (unpaired) electrons. The number of hydrogen-bond donors (Lipinski definition) is 1. The summed E-state index contributed by atoms with van der Waals surface area (Å²) in [5.74, 6) is -2.86. The van der Waals surface area contributed by atoms with E-state index in [0.29, 0.717) is 0 Å². The van der Waals surface area contributed by atoms with Gasteiger partial charge in [-0.05, 0) is 38.1 Å². The summed E-state index contributed by atoms with van der Waals surface area (Å²) in [6.45, 7) is 1.57. The molecule has 2 rings (SSSR count). The molecule has 0 aromatic heterocycles. The third-order valence-electron chi connectivity index (χ3n) is 4.49. The van der Waals surface area contributed by atoms with Gasteiger partial charge in [0.15, 0.2) is 0 Å². The van der Waals surface area contributed by atoms with Crippen LogP contribution in [0.1, 0.15) is 24.9 Å². The molecule has 1 heterocycles. The monoisotopic (exact) mass is 295 g/mol. The van der Waals surface area contributed by atoms with Crippen molar-refractivity contribution in [2.75, 3.05) is 14.2 Å². The van der Waals surface area contributed by atoms with Crippen molar-refractivity contribution in [3.8, 4) is 0 Å². The van der Waals surface area contributed by atoms with E-state index in [9.17, 15) is 19.1 Å². The molecular weight excluding hydrogens is 277 g/mol. The predicted octanol–water partition coefficient (Wildman–Crippen LogP) is 1.83. The third-order valence-corrected chi connectivity index (χ3v) is 4.49. The van der Waals surface area contributed by atoms with Crippen LogP contribution in [0.5, 0.6) is 0 Å². The molecule has 1 aliphatic rings. The molecule has 1 aliphatic heterocycles. The van der Waals surface area contributed by atoms with E-state index in [0.717, 1.165) is 5.56 Å². The molecule has 114 valence electrons. The molecule has 1 N–H and O–H groups in total. The Labute approximate surface area is 122 Å². The zero-order chi connectivity index (χ0) is 15.8. The van der Waals surface area contributed by atoms with E-state index < -0.39 is 23.4 Å². The lowest BCUT2D eigenvalue weighted by Crippen LogP contribution is -2.53. The van der Waals surface area contributed by atoms with Gasteiger partial charge in [0.2, 0.25) is 0 Å².